The largest absolute Gasteiger partial charge is 0.477 e. The molecule has 0 aliphatic heterocycles. The van der Waals surface area contributed by atoms with Gasteiger partial charge >= 0.3 is 5.97 Å². The van der Waals surface area contributed by atoms with E-state index in [1.807, 2.05) is 0 Å². The molecule has 0 aromatic carbocycles. The van der Waals surface area contributed by atoms with Gasteiger partial charge in [-0.1, -0.05) is 0 Å². The number of carboxylic acids is 1. The molecule has 0 bridgehead atoms. The number of hydrogen-bond donors (Lipinski definition) is 2. The molecule has 0 aliphatic rings. The molecule has 0 atom stereocenters. The van der Waals surface area contributed by atoms with Crippen molar-refractivity contribution in [1.29, 1.82) is 0 Å². The number of hydrogen-bond acceptors (Lipinski definition) is 6. The second-order valence-corrected chi connectivity index (χ2v) is 6.31. The van der Waals surface area contributed by atoms with E-state index >= 15 is 0 Å². The molecule has 0 fully saturated rings. The summed E-state index contributed by atoms with van der Waals surface area (Å²) in [5.74, 6) is -0.697. The average Bonchev–Trinajstić information content (AvgIpc) is 2.95. The lowest BCUT2D eigenvalue weighted by Crippen LogP contribution is -2.24. The highest BCUT2D eigenvalue weighted by atomic mass is 32.2. The number of rotatable bonds is 5. The van der Waals surface area contributed by atoms with Crippen LogP contribution in [0.3, 0.4) is 0 Å². The minimum absolute atomic E-state index is 0.0168. The zero-order chi connectivity index (χ0) is 14.0. The molecule has 0 unspecified atom stereocenters. The molecular weight excluding hydrogens is 292 g/mol. The Bertz CT molecular complexity index is 703. The first-order chi connectivity index (χ1) is 8.90. The van der Waals surface area contributed by atoms with Crippen LogP contribution in [0.2, 0.25) is 0 Å². The van der Waals surface area contributed by atoms with Gasteiger partial charge in [-0.2, -0.15) is 0 Å². The predicted molar refractivity (Wildman–Crippen MR) is 66.3 cm³/mol. The van der Waals surface area contributed by atoms with E-state index < -0.39 is 16.0 Å². The Hall–Kier alpha value is -1.78. The quantitative estimate of drug-likeness (QED) is 0.807. The summed E-state index contributed by atoms with van der Waals surface area (Å²) >= 11 is 0.859. The molecule has 2 N–H and O–H groups in total. The third-order valence-corrected chi connectivity index (χ3v) is 4.77. The van der Waals surface area contributed by atoms with Crippen LogP contribution in [-0.2, 0) is 23.6 Å². The second-order valence-electron chi connectivity index (χ2n) is 3.63. The lowest BCUT2D eigenvalue weighted by Gasteiger charge is -2.03. The summed E-state index contributed by atoms with van der Waals surface area (Å²) < 4.78 is 27.8. The first kappa shape index (κ1) is 13.6. The van der Waals surface area contributed by atoms with E-state index in [0.717, 1.165) is 17.4 Å². The molecule has 2 aromatic heterocycles. The number of sulfonamides is 1. The highest BCUT2D eigenvalue weighted by Crippen LogP contribution is 2.19. The van der Waals surface area contributed by atoms with Gasteiger partial charge in [0.2, 0.25) is 10.0 Å². The van der Waals surface area contributed by atoms with Crippen LogP contribution in [0.1, 0.15) is 15.5 Å². The minimum atomic E-state index is -3.75. The van der Waals surface area contributed by atoms with Crippen LogP contribution in [-0.4, -0.2) is 34.3 Å². The third kappa shape index (κ3) is 2.97. The monoisotopic (exact) mass is 302 g/mol. The summed E-state index contributed by atoms with van der Waals surface area (Å²) in [6.07, 6.45) is 1.46. The molecule has 0 aliphatic carbocycles. The fraction of sp³-hybridized carbons (Fsp3) is 0.222. The number of aromatic carboxylic acids is 1. The second kappa shape index (κ2) is 5.07. The number of carbonyl (C=O) groups is 1. The average molecular weight is 302 g/mol. The Labute approximate surface area is 112 Å². The molecular formula is C9H10N4O4S2. The topological polar surface area (TPSA) is 114 Å². The summed E-state index contributed by atoms with van der Waals surface area (Å²) in [5.41, 5.74) is 0. The Balaban J connectivity index is 2.14. The first-order valence-electron chi connectivity index (χ1n) is 5.04. The lowest BCUT2D eigenvalue weighted by atomic mass is 10.5. The Kier molecular flexibility index (Phi) is 3.64. The van der Waals surface area contributed by atoms with Gasteiger partial charge in [-0.05, 0) is 6.07 Å². The van der Waals surface area contributed by atoms with E-state index in [0.29, 0.717) is 5.82 Å². The van der Waals surface area contributed by atoms with Crippen molar-refractivity contribution in [2.45, 2.75) is 11.4 Å². The van der Waals surface area contributed by atoms with Gasteiger partial charge < -0.3 is 9.67 Å². The maximum Gasteiger partial charge on any atom is 0.345 e. The molecule has 19 heavy (non-hydrogen) atoms. The summed E-state index contributed by atoms with van der Waals surface area (Å²) in [6, 6.07) is 1.12. The fourth-order valence-corrected chi connectivity index (χ4v) is 3.37. The van der Waals surface area contributed by atoms with Crippen LogP contribution in [0.5, 0.6) is 0 Å². The normalized spacial score (nSPS) is 11.6. The summed E-state index contributed by atoms with van der Waals surface area (Å²) in [5, 5.41) is 17.4. The van der Waals surface area contributed by atoms with Gasteiger partial charge in [0.15, 0.2) is 0 Å². The number of nitrogens with one attached hydrogen (secondary N) is 1. The van der Waals surface area contributed by atoms with Crippen molar-refractivity contribution in [3.8, 4) is 0 Å². The van der Waals surface area contributed by atoms with E-state index in [-0.39, 0.29) is 16.3 Å². The van der Waals surface area contributed by atoms with Crippen molar-refractivity contribution >= 4 is 27.3 Å². The van der Waals surface area contributed by atoms with Gasteiger partial charge in [0, 0.05) is 12.4 Å². The zero-order valence-electron chi connectivity index (χ0n) is 9.77. The zero-order valence-corrected chi connectivity index (χ0v) is 11.4. The molecule has 0 spiro atoms. The van der Waals surface area contributed by atoms with E-state index in [4.69, 9.17) is 5.11 Å². The van der Waals surface area contributed by atoms with Gasteiger partial charge in [0.05, 0.1) is 11.4 Å². The molecule has 2 rings (SSSR count). The van der Waals surface area contributed by atoms with Crippen molar-refractivity contribution in [3.05, 3.63) is 28.5 Å². The van der Waals surface area contributed by atoms with Crippen molar-refractivity contribution in [3.63, 3.8) is 0 Å². The van der Waals surface area contributed by atoms with Crippen molar-refractivity contribution in [2.75, 3.05) is 0 Å². The standard InChI is InChI=1S/C9H10N4O4S2/c1-13-5-10-12-8(13)3-11-19(16,17)6-2-7(9(14)15)18-4-6/h2,4-5,11H,3H2,1H3,(H,14,15). The molecule has 102 valence electrons. The highest BCUT2D eigenvalue weighted by Gasteiger charge is 2.19. The highest BCUT2D eigenvalue weighted by molar-refractivity contribution is 7.89. The molecule has 2 heterocycles. The van der Waals surface area contributed by atoms with Crippen LogP contribution in [0, 0.1) is 0 Å². The molecule has 0 saturated carbocycles. The number of nitrogens with zero attached hydrogens (tertiary/aromatic N) is 3. The van der Waals surface area contributed by atoms with Gasteiger partial charge in [0.25, 0.3) is 0 Å². The SMILES string of the molecule is Cn1cnnc1CNS(=O)(=O)c1csc(C(=O)O)c1. The summed E-state index contributed by atoms with van der Waals surface area (Å²) in [6.45, 7) is -0.0168. The molecule has 0 saturated heterocycles. The Morgan fingerprint density at radius 1 is 1.58 bits per heavy atom. The van der Waals surface area contributed by atoms with Gasteiger partial charge in [0.1, 0.15) is 17.0 Å². The number of thiophene rings is 1. The Morgan fingerprint density at radius 3 is 2.84 bits per heavy atom. The number of aryl methyl sites for hydroxylation is 1. The van der Waals surface area contributed by atoms with Crippen molar-refractivity contribution in [2.24, 2.45) is 7.05 Å². The van der Waals surface area contributed by atoms with E-state index in [9.17, 15) is 13.2 Å². The van der Waals surface area contributed by atoms with Crippen molar-refractivity contribution in [1.82, 2.24) is 19.5 Å². The van der Waals surface area contributed by atoms with Gasteiger partial charge in [-0.15, -0.1) is 21.5 Å². The maximum atomic E-state index is 11.9. The van der Waals surface area contributed by atoms with Gasteiger partial charge in [-0.25, -0.2) is 17.9 Å². The van der Waals surface area contributed by atoms with Gasteiger partial charge in [-0.3, -0.25) is 0 Å². The summed E-state index contributed by atoms with van der Waals surface area (Å²) in [4.78, 5) is 10.6. The number of aromatic nitrogens is 3. The maximum absolute atomic E-state index is 11.9. The number of carboxylic acid groups (broad SMARTS) is 1. The summed E-state index contributed by atoms with van der Waals surface area (Å²) in [7, 11) is -2.06. The van der Waals surface area contributed by atoms with Crippen LogP contribution in [0.25, 0.3) is 0 Å². The predicted octanol–water partition coefficient (Wildman–Crippen LogP) is 0.0533. The fourth-order valence-electron chi connectivity index (χ4n) is 1.28. The first-order valence-corrected chi connectivity index (χ1v) is 7.41. The lowest BCUT2D eigenvalue weighted by molar-refractivity contribution is 0.0702. The van der Waals surface area contributed by atoms with Crippen LogP contribution >= 0.6 is 11.3 Å². The third-order valence-electron chi connectivity index (χ3n) is 2.32. The van der Waals surface area contributed by atoms with Crippen molar-refractivity contribution < 1.29 is 18.3 Å². The molecule has 0 amide bonds. The van der Waals surface area contributed by atoms with E-state index in [1.54, 1.807) is 11.6 Å². The van der Waals surface area contributed by atoms with E-state index in [1.165, 1.54) is 11.7 Å². The Morgan fingerprint density at radius 2 is 2.32 bits per heavy atom. The van der Waals surface area contributed by atoms with E-state index in [2.05, 4.69) is 14.9 Å². The molecule has 8 nitrogen and oxygen atoms in total. The van der Waals surface area contributed by atoms with Crippen LogP contribution in [0.4, 0.5) is 0 Å². The molecule has 0 radical (unpaired) electrons. The van der Waals surface area contributed by atoms with Crippen LogP contribution in [0.15, 0.2) is 22.7 Å². The minimum Gasteiger partial charge on any atom is -0.477 e. The smallest absolute Gasteiger partial charge is 0.345 e. The molecule has 10 heteroatoms. The molecule has 2 aromatic rings. The van der Waals surface area contributed by atoms with Crippen LogP contribution < -0.4 is 4.72 Å².